The van der Waals surface area contributed by atoms with Crippen molar-refractivity contribution in [3.05, 3.63) is 55.0 Å². The molecule has 8 nitrogen and oxygen atoms in total. The lowest BCUT2D eigenvalue weighted by Gasteiger charge is -2.19. The van der Waals surface area contributed by atoms with Crippen LogP contribution in [-0.2, 0) is 9.53 Å². The molecule has 0 saturated carbocycles. The fourth-order valence-corrected chi connectivity index (χ4v) is 3.83. The molecule has 32 heavy (non-hydrogen) atoms. The van der Waals surface area contributed by atoms with Crippen LogP contribution < -0.4 is 10.6 Å². The Morgan fingerprint density at radius 3 is 2.50 bits per heavy atom. The van der Waals surface area contributed by atoms with E-state index in [4.69, 9.17) is 10.00 Å². The van der Waals surface area contributed by atoms with Crippen LogP contribution in [-0.4, -0.2) is 34.6 Å². The molecule has 2 amide bonds. The Labute approximate surface area is 190 Å². The number of pyridine rings is 1. The summed E-state index contributed by atoms with van der Waals surface area (Å²) >= 11 is 1.56. The summed E-state index contributed by atoms with van der Waals surface area (Å²) < 4.78 is 5.31. The van der Waals surface area contributed by atoms with E-state index in [-0.39, 0.29) is 12.5 Å². The van der Waals surface area contributed by atoms with Crippen molar-refractivity contribution in [1.29, 1.82) is 5.26 Å². The zero-order valence-electron chi connectivity index (χ0n) is 17.7. The zero-order valence-corrected chi connectivity index (χ0v) is 18.6. The maximum Gasteiger partial charge on any atom is 0.412 e. The van der Waals surface area contributed by atoms with Crippen molar-refractivity contribution in [2.75, 3.05) is 11.9 Å². The number of carbonyl (C=O) groups excluding carboxylic acids is 2. The Kier molecular flexibility index (Phi) is 7.89. The van der Waals surface area contributed by atoms with Gasteiger partial charge in [0.2, 0.25) is 0 Å². The second-order valence-electron chi connectivity index (χ2n) is 7.37. The van der Waals surface area contributed by atoms with Crippen LogP contribution in [0, 0.1) is 17.2 Å². The molecule has 0 saturated heterocycles. The number of nitrogens with zero attached hydrogens (tertiary/aromatic N) is 3. The predicted molar refractivity (Wildman–Crippen MR) is 123 cm³/mol. The largest absolute Gasteiger partial charge is 0.436 e. The average Bonchev–Trinajstić information content (AvgIpc) is 3.28. The Hall–Kier alpha value is -3.77. The number of aromatic nitrogens is 2. The van der Waals surface area contributed by atoms with Crippen LogP contribution in [0.2, 0.25) is 0 Å². The zero-order chi connectivity index (χ0) is 22.9. The molecule has 0 unspecified atom stereocenters. The van der Waals surface area contributed by atoms with Gasteiger partial charge in [0, 0.05) is 29.8 Å². The minimum absolute atomic E-state index is 0.136. The number of ether oxygens (including phenoxy) is 1. The monoisotopic (exact) mass is 449 g/mol. The molecule has 0 fully saturated rings. The van der Waals surface area contributed by atoms with Gasteiger partial charge in [-0.2, -0.15) is 5.26 Å². The Balaban J connectivity index is 1.62. The van der Waals surface area contributed by atoms with Crippen LogP contribution in [0.1, 0.15) is 20.3 Å². The van der Waals surface area contributed by atoms with Gasteiger partial charge in [-0.1, -0.05) is 26.0 Å². The highest BCUT2D eigenvalue weighted by Gasteiger charge is 2.24. The maximum absolute atomic E-state index is 12.3. The highest BCUT2D eigenvalue weighted by atomic mass is 32.1. The van der Waals surface area contributed by atoms with Crippen LogP contribution in [0.3, 0.4) is 0 Å². The number of nitrogens with one attached hydrogen (secondary N) is 2. The molecule has 0 aliphatic rings. The summed E-state index contributed by atoms with van der Waals surface area (Å²) in [5.41, 5.74) is 2.51. The molecule has 3 aromatic rings. The van der Waals surface area contributed by atoms with Gasteiger partial charge in [-0.05, 0) is 42.2 Å². The summed E-state index contributed by atoms with van der Waals surface area (Å²) in [5, 5.41) is 14.6. The molecule has 0 radical (unpaired) electrons. The van der Waals surface area contributed by atoms with Crippen molar-refractivity contribution in [3.8, 4) is 27.1 Å². The standard InChI is InChI=1S/C23H23N5O3S/c1-15(2)13-19(21(29)26-12-9-24)31-23(30)28-18-5-3-16(4-6-18)20-14-27-22(32-20)17-7-10-25-11-8-17/h3-8,10-11,14-15,19H,12-13H2,1-2H3,(H,26,29)(H,28,30)/t19-/m0/s1. The van der Waals surface area contributed by atoms with Gasteiger partial charge in [0.25, 0.3) is 5.91 Å². The van der Waals surface area contributed by atoms with Crippen LogP contribution in [0.25, 0.3) is 21.0 Å². The summed E-state index contributed by atoms with van der Waals surface area (Å²) in [6.07, 6.45) is 3.94. The first-order chi connectivity index (χ1) is 15.5. The summed E-state index contributed by atoms with van der Waals surface area (Å²) in [6, 6.07) is 12.9. The van der Waals surface area contributed by atoms with E-state index in [1.54, 1.807) is 35.9 Å². The minimum atomic E-state index is -0.966. The van der Waals surface area contributed by atoms with Gasteiger partial charge in [0.15, 0.2) is 6.10 Å². The van der Waals surface area contributed by atoms with Crippen molar-refractivity contribution in [3.63, 3.8) is 0 Å². The molecule has 1 atom stereocenters. The molecular weight excluding hydrogens is 426 g/mol. The number of hydrogen-bond acceptors (Lipinski definition) is 7. The number of anilines is 1. The fourth-order valence-electron chi connectivity index (χ4n) is 2.91. The third kappa shape index (κ3) is 6.36. The third-order valence-electron chi connectivity index (χ3n) is 4.42. The molecule has 3 rings (SSSR count). The molecule has 2 heterocycles. The van der Waals surface area contributed by atoms with E-state index in [0.29, 0.717) is 12.1 Å². The van der Waals surface area contributed by atoms with Gasteiger partial charge in [0.1, 0.15) is 11.6 Å². The maximum atomic E-state index is 12.3. The third-order valence-corrected chi connectivity index (χ3v) is 5.51. The first-order valence-corrected chi connectivity index (χ1v) is 10.9. The number of benzene rings is 1. The number of amides is 2. The smallest absolute Gasteiger partial charge is 0.412 e. The molecule has 2 aromatic heterocycles. The van der Waals surface area contributed by atoms with Gasteiger partial charge in [-0.15, -0.1) is 11.3 Å². The van der Waals surface area contributed by atoms with Crippen LogP contribution in [0.5, 0.6) is 0 Å². The number of carbonyl (C=O) groups is 2. The molecule has 0 aliphatic carbocycles. The van der Waals surface area contributed by atoms with Crippen LogP contribution in [0.15, 0.2) is 55.0 Å². The summed E-state index contributed by atoms with van der Waals surface area (Å²) in [4.78, 5) is 34.0. The Morgan fingerprint density at radius 2 is 1.84 bits per heavy atom. The molecule has 0 bridgehead atoms. The van der Waals surface area contributed by atoms with E-state index in [2.05, 4.69) is 20.6 Å². The van der Waals surface area contributed by atoms with Crippen molar-refractivity contribution in [2.24, 2.45) is 5.92 Å². The number of rotatable bonds is 8. The molecule has 1 aromatic carbocycles. The minimum Gasteiger partial charge on any atom is -0.436 e. The Bertz CT molecular complexity index is 1090. The lowest BCUT2D eigenvalue weighted by molar-refractivity contribution is -0.129. The van der Waals surface area contributed by atoms with Gasteiger partial charge < -0.3 is 10.1 Å². The normalized spacial score (nSPS) is 11.4. The van der Waals surface area contributed by atoms with Crippen molar-refractivity contribution >= 4 is 29.0 Å². The molecule has 9 heteroatoms. The quantitative estimate of drug-likeness (QED) is 0.490. The lowest BCUT2D eigenvalue weighted by atomic mass is 10.1. The van der Waals surface area contributed by atoms with Gasteiger partial charge in [-0.25, -0.2) is 9.78 Å². The molecule has 0 spiro atoms. The highest BCUT2D eigenvalue weighted by molar-refractivity contribution is 7.18. The number of thiazole rings is 1. The Morgan fingerprint density at radius 1 is 1.12 bits per heavy atom. The summed E-state index contributed by atoms with van der Waals surface area (Å²) in [6.45, 7) is 3.70. The molecule has 164 valence electrons. The van der Waals surface area contributed by atoms with Gasteiger partial charge in [-0.3, -0.25) is 15.1 Å². The van der Waals surface area contributed by atoms with E-state index in [9.17, 15) is 9.59 Å². The van der Waals surface area contributed by atoms with E-state index in [0.717, 1.165) is 21.0 Å². The molecule has 0 aliphatic heterocycles. The van der Waals surface area contributed by atoms with E-state index < -0.39 is 18.1 Å². The van der Waals surface area contributed by atoms with Crippen molar-refractivity contribution in [2.45, 2.75) is 26.4 Å². The molecular formula is C23H23N5O3S. The van der Waals surface area contributed by atoms with Crippen molar-refractivity contribution in [1.82, 2.24) is 15.3 Å². The average molecular weight is 450 g/mol. The SMILES string of the molecule is CC(C)C[C@H](OC(=O)Nc1ccc(-c2cnc(-c3ccncc3)s2)cc1)C(=O)NCC#N. The van der Waals surface area contributed by atoms with Crippen LogP contribution >= 0.6 is 11.3 Å². The number of hydrogen-bond donors (Lipinski definition) is 2. The topological polar surface area (TPSA) is 117 Å². The first-order valence-electron chi connectivity index (χ1n) is 10.0. The highest BCUT2D eigenvalue weighted by Crippen LogP contribution is 2.32. The van der Waals surface area contributed by atoms with Gasteiger partial charge in [0.05, 0.1) is 10.9 Å². The van der Waals surface area contributed by atoms with E-state index >= 15 is 0 Å². The van der Waals surface area contributed by atoms with E-state index in [1.165, 1.54) is 0 Å². The van der Waals surface area contributed by atoms with Gasteiger partial charge >= 0.3 is 6.09 Å². The second-order valence-corrected chi connectivity index (χ2v) is 8.40. The molecule has 2 N–H and O–H groups in total. The first kappa shape index (κ1) is 22.9. The second kappa shape index (κ2) is 11.0. The fraction of sp³-hybridized carbons (Fsp3) is 0.261. The van der Waals surface area contributed by atoms with Crippen LogP contribution in [0.4, 0.5) is 10.5 Å². The number of nitriles is 1. The lowest BCUT2D eigenvalue weighted by Crippen LogP contribution is -2.39. The summed E-state index contributed by atoms with van der Waals surface area (Å²) in [5.74, 6) is -0.350. The predicted octanol–water partition coefficient (Wildman–Crippen LogP) is 4.48. The summed E-state index contributed by atoms with van der Waals surface area (Å²) in [7, 11) is 0. The van der Waals surface area contributed by atoms with E-state index in [1.807, 2.05) is 50.4 Å². The van der Waals surface area contributed by atoms with Crippen molar-refractivity contribution < 1.29 is 14.3 Å².